The number of hydrogen-bond donors (Lipinski definition) is 1. The second-order valence-corrected chi connectivity index (χ2v) is 2.65. The first-order valence-electron chi connectivity index (χ1n) is 3.67. The van der Waals surface area contributed by atoms with Crippen molar-refractivity contribution in [2.45, 2.75) is 13.3 Å². The zero-order valence-electron chi connectivity index (χ0n) is 6.85. The SMILES string of the molecule is C=C/C=C\C1=C(C)NC(=C)C1. The Kier molecular flexibility index (Phi) is 2.32. The van der Waals surface area contributed by atoms with E-state index in [0.717, 1.165) is 12.1 Å². The van der Waals surface area contributed by atoms with Crippen LogP contribution in [0.4, 0.5) is 0 Å². The first-order chi connectivity index (χ1) is 5.24. The summed E-state index contributed by atoms with van der Waals surface area (Å²) in [6, 6.07) is 0. The van der Waals surface area contributed by atoms with Crippen molar-refractivity contribution in [3.05, 3.63) is 48.4 Å². The fourth-order valence-corrected chi connectivity index (χ4v) is 1.12. The van der Waals surface area contributed by atoms with Crippen LogP contribution >= 0.6 is 0 Å². The molecule has 1 heteroatoms. The van der Waals surface area contributed by atoms with E-state index in [0.29, 0.717) is 0 Å². The van der Waals surface area contributed by atoms with Crippen LogP contribution in [0.3, 0.4) is 0 Å². The molecule has 0 unspecified atom stereocenters. The van der Waals surface area contributed by atoms with Crippen LogP contribution in [0.5, 0.6) is 0 Å². The molecule has 0 saturated heterocycles. The van der Waals surface area contributed by atoms with Crippen molar-refractivity contribution in [1.29, 1.82) is 0 Å². The van der Waals surface area contributed by atoms with Gasteiger partial charge in [-0.25, -0.2) is 0 Å². The maximum Gasteiger partial charge on any atom is 0.0153 e. The monoisotopic (exact) mass is 147 g/mol. The summed E-state index contributed by atoms with van der Waals surface area (Å²) in [5, 5.41) is 3.18. The fraction of sp³-hybridized carbons (Fsp3) is 0.200. The molecular weight excluding hydrogens is 134 g/mol. The van der Waals surface area contributed by atoms with Crippen LogP contribution in [-0.4, -0.2) is 0 Å². The standard InChI is InChI=1S/C10H13N/c1-4-5-6-10-7-8(2)11-9(10)3/h4-6,11H,1-2,7H2,3H3/b6-5-. The van der Waals surface area contributed by atoms with Gasteiger partial charge >= 0.3 is 0 Å². The van der Waals surface area contributed by atoms with Crippen LogP contribution in [0.2, 0.25) is 0 Å². The Morgan fingerprint density at radius 1 is 1.55 bits per heavy atom. The maximum atomic E-state index is 3.85. The van der Waals surface area contributed by atoms with Gasteiger partial charge in [0.2, 0.25) is 0 Å². The first-order valence-corrected chi connectivity index (χ1v) is 3.67. The van der Waals surface area contributed by atoms with E-state index in [1.807, 2.05) is 6.08 Å². The third kappa shape index (κ3) is 1.84. The van der Waals surface area contributed by atoms with E-state index >= 15 is 0 Å². The highest BCUT2D eigenvalue weighted by atomic mass is 14.9. The molecule has 0 amide bonds. The lowest BCUT2D eigenvalue weighted by atomic mass is 10.1. The van der Waals surface area contributed by atoms with Gasteiger partial charge in [0.25, 0.3) is 0 Å². The Hall–Kier alpha value is -1.24. The summed E-state index contributed by atoms with van der Waals surface area (Å²) in [4.78, 5) is 0. The number of allylic oxidation sites excluding steroid dienone is 5. The number of rotatable bonds is 2. The molecule has 1 rings (SSSR count). The zero-order valence-corrected chi connectivity index (χ0v) is 6.85. The van der Waals surface area contributed by atoms with Crippen LogP contribution in [0, 0.1) is 0 Å². The van der Waals surface area contributed by atoms with Crippen LogP contribution in [0.15, 0.2) is 48.4 Å². The van der Waals surface area contributed by atoms with Crippen molar-refractivity contribution in [2.24, 2.45) is 0 Å². The third-order valence-electron chi connectivity index (χ3n) is 1.68. The van der Waals surface area contributed by atoms with Gasteiger partial charge in [-0.05, 0) is 12.5 Å². The lowest BCUT2D eigenvalue weighted by molar-refractivity contribution is 1.01. The lowest BCUT2D eigenvalue weighted by Gasteiger charge is -1.94. The summed E-state index contributed by atoms with van der Waals surface area (Å²) in [5.41, 5.74) is 3.58. The Bertz CT molecular complexity index is 244. The first kappa shape index (κ1) is 7.86. The highest BCUT2D eigenvalue weighted by Gasteiger charge is 2.09. The van der Waals surface area contributed by atoms with Gasteiger partial charge < -0.3 is 5.32 Å². The quantitative estimate of drug-likeness (QED) is 0.592. The third-order valence-corrected chi connectivity index (χ3v) is 1.68. The molecule has 0 aromatic rings. The van der Waals surface area contributed by atoms with E-state index < -0.39 is 0 Å². The maximum absolute atomic E-state index is 3.85. The van der Waals surface area contributed by atoms with Crippen molar-refractivity contribution in [2.75, 3.05) is 0 Å². The zero-order chi connectivity index (χ0) is 8.27. The Morgan fingerprint density at radius 3 is 2.73 bits per heavy atom. The molecule has 1 aliphatic rings. The summed E-state index contributed by atoms with van der Waals surface area (Å²) in [6.45, 7) is 9.52. The van der Waals surface area contributed by atoms with E-state index in [1.165, 1.54) is 11.3 Å². The molecule has 1 aliphatic heterocycles. The predicted molar refractivity (Wildman–Crippen MR) is 48.9 cm³/mol. The van der Waals surface area contributed by atoms with Crippen LogP contribution in [0.1, 0.15) is 13.3 Å². The number of hydrogen-bond acceptors (Lipinski definition) is 1. The Labute approximate surface area is 67.8 Å². The van der Waals surface area contributed by atoms with Crippen molar-refractivity contribution in [3.63, 3.8) is 0 Å². The highest BCUT2D eigenvalue weighted by Crippen LogP contribution is 2.20. The molecule has 0 aromatic heterocycles. The van der Waals surface area contributed by atoms with Crippen LogP contribution in [0.25, 0.3) is 0 Å². The fourth-order valence-electron chi connectivity index (χ4n) is 1.12. The van der Waals surface area contributed by atoms with Crippen molar-refractivity contribution in [3.8, 4) is 0 Å². The summed E-state index contributed by atoms with van der Waals surface area (Å²) in [6.07, 6.45) is 6.73. The average molecular weight is 147 g/mol. The molecule has 0 radical (unpaired) electrons. The predicted octanol–water partition coefficient (Wildman–Crippen LogP) is 2.51. The molecule has 1 nitrogen and oxygen atoms in total. The molecule has 0 aliphatic carbocycles. The molecular formula is C10H13N. The second kappa shape index (κ2) is 3.24. The molecule has 58 valence electrons. The van der Waals surface area contributed by atoms with E-state index in [1.54, 1.807) is 6.08 Å². The summed E-state index contributed by atoms with van der Waals surface area (Å²) < 4.78 is 0. The summed E-state index contributed by atoms with van der Waals surface area (Å²) in [5.74, 6) is 0. The van der Waals surface area contributed by atoms with Crippen molar-refractivity contribution >= 4 is 0 Å². The van der Waals surface area contributed by atoms with Gasteiger partial charge in [0.15, 0.2) is 0 Å². The normalized spacial score (nSPS) is 17.7. The van der Waals surface area contributed by atoms with Gasteiger partial charge in [-0.15, -0.1) is 0 Å². The molecule has 0 saturated carbocycles. The Balaban J connectivity index is 2.71. The molecule has 0 aromatic carbocycles. The van der Waals surface area contributed by atoms with Crippen molar-refractivity contribution in [1.82, 2.24) is 5.32 Å². The van der Waals surface area contributed by atoms with Crippen molar-refractivity contribution < 1.29 is 0 Å². The van der Waals surface area contributed by atoms with Crippen LogP contribution < -0.4 is 5.32 Å². The minimum atomic E-state index is 0.941. The largest absolute Gasteiger partial charge is 0.362 e. The lowest BCUT2D eigenvalue weighted by Crippen LogP contribution is -2.00. The van der Waals surface area contributed by atoms with E-state index in [9.17, 15) is 0 Å². The minimum Gasteiger partial charge on any atom is -0.362 e. The molecule has 0 spiro atoms. The van der Waals surface area contributed by atoms with E-state index in [-0.39, 0.29) is 0 Å². The highest BCUT2D eigenvalue weighted by molar-refractivity contribution is 5.36. The molecule has 1 heterocycles. The number of nitrogens with one attached hydrogen (secondary N) is 1. The van der Waals surface area contributed by atoms with Gasteiger partial charge in [0, 0.05) is 17.8 Å². The van der Waals surface area contributed by atoms with Gasteiger partial charge in [0.05, 0.1) is 0 Å². The smallest absolute Gasteiger partial charge is 0.0153 e. The van der Waals surface area contributed by atoms with Gasteiger partial charge in [-0.1, -0.05) is 31.4 Å². The minimum absolute atomic E-state index is 0.941. The molecule has 0 bridgehead atoms. The molecule has 11 heavy (non-hydrogen) atoms. The summed E-state index contributed by atoms with van der Waals surface area (Å²) >= 11 is 0. The van der Waals surface area contributed by atoms with Crippen LogP contribution in [-0.2, 0) is 0 Å². The van der Waals surface area contributed by atoms with Gasteiger partial charge in [-0.2, -0.15) is 0 Å². The average Bonchev–Trinajstić information content (AvgIpc) is 2.26. The summed E-state index contributed by atoms with van der Waals surface area (Å²) in [7, 11) is 0. The van der Waals surface area contributed by atoms with Gasteiger partial charge in [0.1, 0.15) is 0 Å². The Morgan fingerprint density at radius 2 is 2.27 bits per heavy atom. The molecule has 0 fully saturated rings. The molecule has 0 atom stereocenters. The van der Waals surface area contributed by atoms with E-state index in [4.69, 9.17) is 0 Å². The van der Waals surface area contributed by atoms with E-state index in [2.05, 4.69) is 31.5 Å². The topological polar surface area (TPSA) is 12.0 Å². The van der Waals surface area contributed by atoms with Gasteiger partial charge in [-0.3, -0.25) is 0 Å². The molecule has 1 N–H and O–H groups in total. The second-order valence-electron chi connectivity index (χ2n) is 2.65.